The summed E-state index contributed by atoms with van der Waals surface area (Å²) >= 11 is 1.74. The number of nitrogens with one attached hydrogen (secondary N) is 2. The van der Waals surface area contributed by atoms with Crippen molar-refractivity contribution in [3.05, 3.63) is 16.1 Å². The van der Waals surface area contributed by atoms with Crippen LogP contribution in [0.3, 0.4) is 0 Å². The van der Waals surface area contributed by atoms with Crippen molar-refractivity contribution in [2.75, 3.05) is 53.0 Å². The van der Waals surface area contributed by atoms with Crippen molar-refractivity contribution in [3.63, 3.8) is 0 Å². The third-order valence-electron chi connectivity index (χ3n) is 4.00. The summed E-state index contributed by atoms with van der Waals surface area (Å²) < 4.78 is 5.36. The van der Waals surface area contributed by atoms with E-state index in [4.69, 9.17) is 9.72 Å². The number of hydrogen-bond acceptors (Lipinski definition) is 5. The Morgan fingerprint density at radius 1 is 1.29 bits per heavy atom. The molecule has 0 aliphatic carbocycles. The molecular weight excluding hydrogens is 322 g/mol. The molecule has 0 saturated carbocycles. The molecule has 2 heterocycles. The van der Waals surface area contributed by atoms with Crippen LogP contribution < -0.4 is 10.6 Å². The lowest BCUT2D eigenvalue weighted by Gasteiger charge is -2.26. The van der Waals surface area contributed by atoms with Crippen molar-refractivity contribution < 1.29 is 4.74 Å². The Morgan fingerprint density at radius 2 is 2.00 bits per heavy atom. The van der Waals surface area contributed by atoms with E-state index >= 15 is 0 Å². The molecule has 0 atom stereocenters. The predicted octanol–water partition coefficient (Wildman–Crippen LogP) is 1.48. The zero-order valence-corrected chi connectivity index (χ0v) is 16.2. The molecule has 2 N–H and O–H groups in total. The van der Waals surface area contributed by atoms with Crippen LogP contribution in [0.5, 0.6) is 0 Å². The normalized spacial score (nSPS) is 17.1. The number of aliphatic imine (C=N–C) groups is 1. The van der Waals surface area contributed by atoms with Gasteiger partial charge >= 0.3 is 0 Å². The van der Waals surface area contributed by atoms with Crippen LogP contribution in [0, 0.1) is 0 Å². The third-order valence-corrected chi connectivity index (χ3v) is 4.91. The minimum atomic E-state index is 0.124. The maximum atomic E-state index is 5.36. The molecule has 7 heteroatoms. The van der Waals surface area contributed by atoms with Gasteiger partial charge in [-0.1, -0.05) is 20.8 Å². The van der Waals surface area contributed by atoms with Gasteiger partial charge in [0.2, 0.25) is 0 Å². The number of morpholine rings is 1. The van der Waals surface area contributed by atoms with Crippen molar-refractivity contribution in [3.8, 4) is 0 Å². The quantitative estimate of drug-likeness (QED) is 0.599. The predicted molar refractivity (Wildman–Crippen MR) is 101 cm³/mol. The fourth-order valence-corrected chi connectivity index (χ4v) is 3.46. The highest BCUT2D eigenvalue weighted by Crippen LogP contribution is 2.23. The first-order valence-corrected chi connectivity index (χ1v) is 9.56. The number of thiazole rings is 1. The first-order chi connectivity index (χ1) is 11.5. The molecule has 0 bridgehead atoms. The van der Waals surface area contributed by atoms with Gasteiger partial charge in [-0.25, -0.2) is 4.98 Å². The van der Waals surface area contributed by atoms with E-state index in [1.54, 1.807) is 11.3 Å². The largest absolute Gasteiger partial charge is 0.379 e. The molecule has 1 fully saturated rings. The highest BCUT2D eigenvalue weighted by Gasteiger charge is 2.17. The van der Waals surface area contributed by atoms with Gasteiger partial charge in [0.05, 0.1) is 23.9 Å². The van der Waals surface area contributed by atoms with Gasteiger partial charge in [0, 0.05) is 57.0 Å². The molecule has 0 radical (unpaired) electrons. The van der Waals surface area contributed by atoms with Gasteiger partial charge in [-0.05, 0) is 0 Å². The van der Waals surface area contributed by atoms with Gasteiger partial charge in [-0.3, -0.25) is 9.89 Å². The van der Waals surface area contributed by atoms with E-state index in [9.17, 15) is 0 Å². The molecule has 0 amide bonds. The minimum absolute atomic E-state index is 0.124. The fraction of sp³-hybridized carbons (Fsp3) is 0.765. The zero-order chi connectivity index (χ0) is 17.4. The number of hydrogen-bond donors (Lipinski definition) is 2. The SMILES string of the molecule is CN=C(NCCc1nc(C(C)(C)C)cs1)NCCN1CCOCC1. The van der Waals surface area contributed by atoms with E-state index in [1.165, 1.54) is 10.7 Å². The first kappa shape index (κ1) is 19.1. The standard InChI is InChI=1S/C17H31N5OS/c1-17(2,3)14-13-24-15(21-14)5-6-19-16(18-4)20-7-8-22-9-11-23-12-10-22/h13H,5-12H2,1-4H3,(H2,18,19,20). The highest BCUT2D eigenvalue weighted by atomic mass is 32.1. The Bertz CT molecular complexity index is 517. The van der Waals surface area contributed by atoms with Crippen molar-refractivity contribution in [1.29, 1.82) is 0 Å². The average molecular weight is 354 g/mol. The summed E-state index contributed by atoms with van der Waals surface area (Å²) in [6.45, 7) is 13.1. The number of ether oxygens (including phenoxy) is 1. The van der Waals surface area contributed by atoms with Gasteiger partial charge in [-0.15, -0.1) is 11.3 Å². The van der Waals surface area contributed by atoms with Crippen molar-refractivity contribution in [2.24, 2.45) is 4.99 Å². The molecule has 0 aromatic carbocycles. The Hall–Kier alpha value is -1.18. The molecule has 0 spiro atoms. The van der Waals surface area contributed by atoms with E-state index in [1.807, 2.05) is 7.05 Å². The molecule has 1 aromatic heterocycles. The highest BCUT2D eigenvalue weighted by molar-refractivity contribution is 7.09. The average Bonchev–Trinajstić information content (AvgIpc) is 3.03. The molecular formula is C17H31N5OS. The van der Waals surface area contributed by atoms with Gasteiger partial charge in [-0.2, -0.15) is 0 Å². The molecule has 6 nitrogen and oxygen atoms in total. The summed E-state index contributed by atoms with van der Waals surface area (Å²) in [6, 6.07) is 0. The summed E-state index contributed by atoms with van der Waals surface area (Å²) in [5.41, 5.74) is 1.30. The molecule has 1 saturated heterocycles. The molecule has 2 rings (SSSR count). The molecule has 1 aliphatic rings. The summed E-state index contributed by atoms with van der Waals surface area (Å²) in [6.07, 6.45) is 0.922. The number of aromatic nitrogens is 1. The van der Waals surface area contributed by atoms with Crippen molar-refractivity contribution >= 4 is 17.3 Å². The Balaban J connectivity index is 1.65. The van der Waals surface area contributed by atoms with E-state index in [-0.39, 0.29) is 5.41 Å². The Labute approximate surface area is 149 Å². The lowest BCUT2D eigenvalue weighted by molar-refractivity contribution is 0.0389. The number of rotatable bonds is 6. The van der Waals surface area contributed by atoms with Gasteiger partial charge < -0.3 is 15.4 Å². The van der Waals surface area contributed by atoms with E-state index < -0.39 is 0 Å². The van der Waals surface area contributed by atoms with Crippen LogP contribution in [0.4, 0.5) is 0 Å². The molecule has 1 aromatic rings. The number of guanidine groups is 1. The molecule has 24 heavy (non-hydrogen) atoms. The van der Waals surface area contributed by atoms with E-state index in [0.29, 0.717) is 0 Å². The van der Waals surface area contributed by atoms with Crippen LogP contribution in [0.2, 0.25) is 0 Å². The van der Waals surface area contributed by atoms with Crippen LogP contribution in [-0.2, 0) is 16.6 Å². The van der Waals surface area contributed by atoms with Gasteiger partial charge in [0.15, 0.2) is 5.96 Å². The Morgan fingerprint density at radius 3 is 2.62 bits per heavy atom. The van der Waals surface area contributed by atoms with Crippen LogP contribution in [0.15, 0.2) is 10.4 Å². The first-order valence-electron chi connectivity index (χ1n) is 8.68. The second-order valence-electron chi connectivity index (χ2n) is 7.01. The lowest BCUT2D eigenvalue weighted by atomic mass is 9.93. The fourth-order valence-electron chi connectivity index (χ4n) is 2.44. The van der Waals surface area contributed by atoms with Gasteiger partial charge in [0.25, 0.3) is 0 Å². The van der Waals surface area contributed by atoms with Crippen LogP contribution in [-0.4, -0.2) is 68.8 Å². The van der Waals surface area contributed by atoms with Crippen LogP contribution in [0.1, 0.15) is 31.5 Å². The maximum Gasteiger partial charge on any atom is 0.191 e. The van der Waals surface area contributed by atoms with E-state index in [2.05, 4.69) is 46.7 Å². The van der Waals surface area contributed by atoms with Crippen LogP contribution >= 0.6 is 11.3 Å². The minimum Gasteiger partial charge on any atom is -0.379 e. The van der Waals surface area contributed by atoms with E-state index in [0.717, 1.165) is 58.3 Å². The summed E-state index contributed by atoms with van der Waals surface area (Å²) in [7, 11) is 1.81. The second-order valence-corrected chi connectivity index (χ2v) is 7.95. The van der Waals surface area contributed by atoms with Gasteiger partial charge in [0.1, 0.15) is 0 Å². The lowest BCUT2D eigenvalue weighted by Crippen LogP contribution is -2.44. The van der Waals surface area contributed by atoms with Crippen LogP contribution in [0.25, 0.3) is 0 Å². The molecule has 0 unspecified atom stereocenters. The molecule has 136 valence electrons. The monoisotopic (exact) mass is 353 g/mol. The van der Waals surface area contributed by atoms with Crippen molar-refractivity contribution in [1.82, 2.24) is 20.5 Å². The Kier molecular flexibility index (Phi) is 7.45. The topological polar surface area (TPSA) is 61.8 Å². The van der Waals surface area contributed by atoms with Crippen molar-refractivity contribution in [2.45, 2.75) is 32.6 Å². The summed E-state index contributed by atoms with van der Waals surface area (Å²) in [5, 5.41) is 10.1. The summed E-state index contributed by atoms with van der Waals surface area (Å²) in [4.78, 5) is 11.4. The zero-order valence-electron chi connectivity index (χ0n) is 15.4. The second kappa shape index (κ2) is 9.34. The maximum absolute atomic E-state index is 5.36. The smallest absolute Gasteiger partial charge is 0.191 e. The molecule has 1 aliphatic heterocycles. The summed E-state index contributed by atoms with van der Waals surface area (Å²) in [5.74, 6) is 0.857. The number of nitrogens with zero attached hydrogens (tertiary/aromatic N) is 3. The third kappa shape index (κ3) is 6.37.